The van der Waals surface area contributed by atoms with Gasteiger partial charge >= 0.3 is 0 Å². The molecule has 4 heteroatoms. The number of amides is 1. The Morgan fingerprint density at radius 1 is 1.50 bits per heavy atom. The number of nitrogens with one attached hydrogen (secondary N) is 2. The Labute approximate surface area is 97.8 Å². The largest absolute Gasteiger partial charge is 0.388 e. The summed E-state index contributed by atoms with van der Waals surface area (Å²) in [4.78, 5) is 11.8. The highest BCUT2D eigenvalue weighted by Gasteiger charge is 2.26. The van der Waals surface area contributed by atoms with Gasteiger partial charge in [-0.3, -0.25) is 4.79 Å². The summed E-state index contributed by atoms with van der Waals surface area (Å²) in [7, 11) is 0. The van der Waals surface area contributed by atoms with Crippen LogP contribution in [0.1, 0.15) is 39.5 Å². The number of carbonyl (C=O) groups is 1. The second-order valence-corrected chi connectivity index (χ2v) is 4.69. The van der Waals surface area contributed by atoms with Gasteiger partial charge < -0.3 is 15.7 Å². The molecular weight excluding hydrogens is 204 g/mol. The van der Waals surface area contributed by atoms with Gasteiger partial charge in [-0.05, 0) is 32.2 Å². The summed E-state index contributed by atoms with van der Waals surface area (Å²) in [5.41, 5.74) is -0.738. The van der Waals surface area contributed by atoms with Crippen LogP contribution >= 0.6 is 0 Å². The Morgan fingerprint density at radius 3 is 2.69 bits per heavy atom. The minimum absolute atomic E-state index is 0.0757. The van der Waals surface area contributed by atoms with Crippen LogP contribution in [-0.2, 0) is 4.79 Å². The van der Waals surface area contributed by atoms with Gasteiger partial charge in [0.2, 0.25) is 5.91 Å². The van der Waals surface area contributed by atoms with E-state index in [1.807, 2.05) is 13.8 Å². The molecule has 1 aliphatic rings. The molecule has 1 saturated heterocycles. The van der Waals surface area contributed by atoms with Gasteiger partial charge in [-0.25, -0.2) is 0 Å². The maximum atomic E-state index is 11.8. The topological polar surface area (TPSA) is 61.4 Å². The van der Waals surface area contributed by atoms with E-state index in [0.29, 0.717) is 19.4 Å². The van der Waals surface area contributed by atoms with Crippen LogP contribution in [-0.4, -0.2) is 36.2 Å². The quantitative estimate of drug-likeness (QED) is 0.647. The third-order valence-electron chi connectivity index (χ3n) is 3.58. The third kappa shape index (κ3) is 3.76. The Morgan fingerprint density at radius 2 is 2.19 bits per heavy atom. The maximum absolute atomic E-state index is 11.8. The molecule has 1 heterocycles. The molecule has 3 N–H and O–H groups in total. The molecule has 0 saturated carbocycles. The zero-order chi connectivity index (χ0) is 12.0. The molecule has 1 fully saturated rings. The van der Waals surface area contributed by atoms with E-state index >= 15 is 0 Å². The lowest BCUT2D eigenvalue weighted by Gasteiger charge is -2.28. The van der Waals surface area contributed by atoms with Gasteiger partial charge in [0, 0.05) is 13.1 Å². The third-order valence-corrected chi connectivity index (χ3v) is 3.58. The summed E-state index contributed by atoms with van der Waals surface area (Å²) >= 11 is 0. The smallest absolute Gasteiger partial charge is 0.224 e. The van der Waals surface area contributed by atoms with Gasteiger partial charge in [0.05, 0.1) is 11.5 Å². The lowest BCUT2D eigenvalue weighted by atomic mass is 9.95. The summed E-state index contributed by atoms with van der Waals surface area (Å²) in [6.07, 6.45) is 3.36. The minimum atomic E-state index is -0.738. The van der Waals surface area contributed by atoms with E-state index in [-0.39, 0.29) is 11.8 Å². The minimum Gasteiger partial charge on any atom is -0.388 e. The van der Waals surface area contributed by atoms with E-state index in [4.69, 9.17) is 0 Å². The lowest BCUT2D eigenvalue weighted by Crippen LogP contribution is -2.46. The number of carbonyl (C=O) groups excluding carboxylic acids is 1. The molecule has 1 amide bonds. The molecule has 94 valence electrons. The maximum Gasteiger partial charge on any atom is 0.224 e. The predicted octanol–water partition coefficient (Wildman–Crippen LogP) is 0.653. The van der Waals surface area contributed by atoms with Crippen LogP contribution in [0, 0.1) is 5.92 Å². The number of piperidine rings is 1. The van der Waals surface area contributed by atoms with E-state index in [2.05, 4.69) is 10.6 Å². The number of aliphatic hydroxyl groups is 1. The Balaban J connectivity index is 2.33. The van der Waals surface area contributed by atoms with Crippen molar-refractivity contribution in [1.82, 2.24) is 10.6 Å². The first-order valence-electron chi connectivity index (χ1n) is 6.32. The molecule has 0 spiro atoms. The van der Waals surface area contributed by atoms with Crippen molar-refractivity contribution in [2.45, 2.75) is 45.1 Å². The van der Waals surface area contributed by atoms with Gasteiger partial charge in [-0.15, -0.1) is 0 Å². The lowest BCUT2D eigenvalue weighted by molar-refractivity contribution is -0.126. The number of hydrogen-bond acceptors (Lipinski definition) is 3. The highest BCUT2D eigenvalue weighted by molar-refractivity contribution is 5.79. The fourth-order valence-electron chi connectivity index (χ4n) is 1.97. The van der Waals surface area contributed by atoms with Crippen molar-refractivity contribution in [2.75, 3.05) is 19.6 Å². The Bertz CT molecular complexity index is 221. The number of rotatable bonds is 5. The van der Waals surface area contributed by atoms with E-state index in [9.17, 15) is 9.90 Å². The monoisotopic (exact) mass is 228 g/mol. The van der Waals surface area contributed by atoms with Gasteiger partial charge in [-0.1, -0.05) is 13.8 Å². The van der Waals surface area contributed by atoms with Gasteiger partial charge in [-0.2, -0.15) is 0 Å². The molecule has 0 radical (unpaired) electrons. The van der Waals surface area contributed by atoms with Crippen molar-refractivity contribution in [1.29, 1.82) is 0 Å². The van der Waals surface area contributed by atoms with Crippen molar-refractivity contribution in [3.63, 3.8) is 0 Å². The summed E-state index contributed by atoms with van der Waals surface area (Å²) < 4.78 is 0. The summed E-state index contributed by atoms with van der Waals surface area (Å²) in [6.45, 7) is 6.03. The van der Waals surface area contributed by atoms with Crippen molar-refractivity contribution in [2.24, 2.45) is 5.92 Å². The van der Waals surface area contributed by atoms with E-state index in [0.717, 1.165) is 25.9 Å². The van der Waals surface area contributed by atoms with Crippen LogP contribution in [0.3, 0.4) is 0 Å². The van der Waals surface area contributed by atoms with Gasteiger partial charge in [0.1, 0.15) is 0 Å². The zero-order valence-corrected chi connectivity index (χ0v) is 10.4. The highest BCUT2D eigenvalue weighted by Crippen LogP contribution is 2.14. The van der Waals surface area contributed by atoms with Crippen molar-refractivity contribution < 1.29 is 9.90 Å². The average Bonchev–Trinajstić information content (AvgIpc) is 2.36. The fraction of sp³-hybridized carbons (Fsp3) is 0.917. The summed E-state index contributed by atoms with van der Waals surface area (Å²) in [5.74, 6) is 0.152. The van der Waals surface area contributed by atoms with Crippen molar-refractivity contribution in [3.05, 3.63) is 0 Å². The van der Waals surface area contributed by atoms with Crippen LogP contribution in [0.25, 0.3) is 0 Å². The Kier molecular flexibility index (Phi) is 5.22. The first kappa shape index (κ1) is 13.5. The summed E-state index contributed by atoms with van der Waals surface area (Å²) in [5, 5.41) is 16.1. The molecule has 4 nitrogen and oxygen atoms in total. The first-order valence-corrected chi connectivity index (χ1v) is 6.32. The SMILES string of the molecule is CCC(O)(CC)CNC(=O)[C@H]1CCCNC1. The summed E-state index contributed by atoms with van der Waals surface area (Å²) in [6, 6.07) is 0. The van der Waals surface area contributed by atoms with Gasteiger partial charge in [0.25, 0.3) is 0 Å². The van der Waals surface area contributed by atoms with Crippen LogP contribution in [0.2, 0.25) is 0 Å². The number of hydrogen-bond donors (Lipinski definition) is 3. The van der Waals surface area contributed by atoms with Crippen LogP contribution < -0.4 is 10.6 Å². The molecular formula is C12H24N2O2. The first-order chi connectivity index (χ1) is 7.61. The van der Waals surface area contributed by atoms with Crippen molar-refractivity contribution >= 4 is 5.91 Å². The second-order valence-electron chi connectivity index (χ2n) is 4.69. The molecule has 1 atom stereocenters. The molecule has 1 aliphatic heterocycles. The molecule has 0 aromatic carbocycles. The zero-order valence-electron chi connectivity index (χ0n) is 10.4. The average molecular weight is 228 g/mol. The molecule has 0 aromatic rings. The molecule has 0 aliphatic carbocycles. The normalized spacial score (nSPS) is 21.8. The predicted molar refractivity (Wildman–Crippen MR) is 64.1 cm³/mol. The molecule has 1 rings (SSSR count). The molecule has 0 unspecified atom stereocenters. The molecule has 0 bridgehead atoms. The molecule has 0 aromatic heterocycles. The van der Waals surface area contributed by atoms with Crippen molar-refractivity contribution in [3.8, 4) is 0 Å². The van der Waals surface area contributed by atoms with Gasteiger partial charge in [0.15, 0.2) is 0 Å². The van der Waals surface area contributed by atoms with E-state index in [1.54, 1.807) is 0 Å². The Hall–Kier alpha value is -0.610. The van der Waals surface area contributed by atoms with Crippen LogP contribution in [0.4, 0.5) is 0 Å². The van der Waals surface area contributed by atoms with Crippen LogP contribution in [0.5, 0.6) is 0 Å². The second kappa shape index (κ2) is 6.21. The highest BCUT2D eigenvalue weighted by atomic mass is 16.3. The fourth-order valence-corrected chi connectivity index (χ4v) is 1.97. The standard InChI is InChI=1S/C12H24N2O2/c1-3-12(16,4-2)9-14-11(15)10-6-5-7-13-8-10/h10,13,16H,3-9H2,1-2H3,(H,14,15)/t10-/m0/s1. The molecule has 16 heavy (non-hydrogen) atoms. The van der Waals surface area contributed by atoms with Crippen LogP contribution in [0.15, 0.2) is 0 Å². The van der Waals surface area contributed by atoms with E-state index in [1.165, 1.54) is 0 Å². The van der Waals surface area contributed by atoms with E-state index < -0.39 is 5.60 Å².